The van der Waals surface area contributed by atoms with Gasteiger partial charge in [-0.15, -0.1) is 0 Å². The minimum Gasteiger partial charge on any atom is -0.344 e. The molecular weight excluding hydrogens is 372 g/mol. The lowest BCUT2D eigenvalue weighted by Crippen LogP contribution is -2.50. The predicted molar refractivity (Wildman–Crippen MR) is 121 cm³/mol. The highest BCUT2D eigenvalue weighted by Gasteiger charge is 2.32. The van der Waals surface area contributed by atoms with Crippen LogP contribution in [0, 0.1) is 19.8 Å². The van der Waals surface area contributed by atoms with Crippen molar-refractivity contribution >= 4 is 11.9 Å². The molecule has 0 saturated carbocycles. The largest absolute Gasteiger partial charge is 0.344 e. The van der Waals surface area contributed by atoms with Gasteiger partial charge in [0.05, 0.1) is 0 Å². The molecule has 2 aromatic carbocycles. The van der Waals surface area contributed by atoms with Crippen LogP contribution in [0.4, 0.5) is 5.95 Å². The molecular formula is C25H28N4O. The van der Waals surface area contributed by atoms with E-state index in [2.05, 4.69) is 27.0 Å². The zero-order valence-corrected chi connectivity index (χ0v) is 17.9. The van der Waals surface area contributed by atoms with E-state index in [4.69, 9.17) is 0 Å². The smallest absolute Gasteiger partial charge is 0.254 e. The summed E-state index contributed by atoms with van der Waals surface area (Å²) in [5.74, 6) is 1.42. The topological polar surface area (TPSA) is 49.3 Å². The van der Waals surface area contributed by atoms with Crippen molar-refractivity contribution in [2.75, 3.05) is 31.6 Å². The predicted octanol–water partition coefficient (Wildman–Crippen LogP) is 4.36. The van der Waals surface area contributed by atoms with E-state index in [1.54, 1.807) is 0 Å². The van der Waals surface area contributed by atoms with Gasteiger partial charge in [-0.1, -0.05) is 48.5 Å². The van der Waals surface area contributed by atoms with Crippen LogP contribution < -0.4 is 4.90 Å². The molecule has 154 valence electrons. The second-order valence-electron chi connectivity index (χ2n) is 8.15. The molecule has 0 atom stereocenters. The number of anilines is 1. The molecule has 1 aromatic heterocycles. The molecule has 2 heterocycles. The Morgan fingerprint density at radius 2 is 1.63 bits per heavy atom. The normalized spacial score (nSPS) is 13.8. The van der Waals surface area contributed by atoms with Crippen LogP contribution in [-0.2, 0) is 0 Å². The summed E-state index contributed by atoms with van der Waals surface area (Å²) in [4.78, 5) is 26.2. The van der Waals surface area contributed by atoms with Crippen molar-refractivity contribution in [3.05, 3.63) is 77.6 Å². The molecule has 0 bridgehead atoms. The lowest BCUT2D eigenvalue weighted by Gasteiger charge is -2.40. The van der Waals surface area contributed by atoms with Gasteiger partial charge in [-0.05, 0) is 49.4 Å². The summed E-state index contributed by atoms with van der Waals surface area (Å²) >= 11 is 0. The molecule has 1 aliphatic heterocycles. The lowest BCUT2D eigenvalue weighted by atomic mass is 9.93. The Bertz CT molecular complexity index is 1010. The molecule has 1 saturated heterocycles. The van der Waals surface area contributed by atoms with Gasteiger partial charge in [0.1, 0.15) is 0 Å². The molecule has 5 nitrogen and oxygen atoms in total. The van der Waals surface area contributed by atoms with Crippen LogP contribution in [-0.4, -0.2) is 47.5 Å². The zero-order chi connectivity index (χ0) is 21.1. The van der Waals surface area contributed by atoms with Gasteiger partial charge in [-0.3, -0.25) is 4.79 Å². The van der Waals surface area contributed by atoms with Crippen LogP contribution in [0.3, 0.4) is 0 Å². The number of hydrogen-bond acceptors (Lipinski definition) is 4. The summed E-state index contributed by atoms with van der Waals surface area (Å²) in [6.45, 7) is 6.49. The summed E-state index contributed by atoms with van der Waals surface area (Å²) in [5.41, 5.74) is 4.83. The highest BCUT2D eigenvalue weighted by atomic mass is 16.2. The van der Waals surface area contributed by atoms with E-state index < -0.39 is 0 Å². The second kappa shape index (κ2) is 8.66. The van der Waals surface area contributed by atoms with Crippen molar-refractivity contribution in [3.8, 4) is 11.1 Å². The highest BCUT2D eigenvalue weighted by Crippen LogP contribution is 2.28. The van der Waals surface area contributed by atoms with Crippen molar-refractivity contribution in [1.82, 2.24) is 14.9 Å². The van der Waals surface area contributed by atoms with Crippen LogP contribution in [0.5, 0.6) is 0 Å². The van der Waals surface area contributed by atoms with E-state index in [1.807, 2.05) is 74.3 Å². The first-order valence-corrected chi connectivity index (χ1v) is 10.5. The van der Waals surface area contributed by atoms with Gasteiger partial charge in [0.2, 0.25) is 5.95 Å². The molecule has 4 rings (SSSR count). The van der Waals surface area contributed by atoms with Gasteiger partial charge in [0.25, 0.3) is 5.91 Å². The Hall–Kier alpha value is -3.21. The van der Waals surface area contributed by atoms with Crippen LogP contribution in [0.15, 0.2) is 60.7 Å². The molecule has 0 spiro atoms. The second-order valence-corrected chi connectivity index (χ2v) is 8.15. The number of hydrogen-bond donors (Lipinski definition) is 0. The molecule has 30 heavy (non-hydrogen) atoms. The lowest BCUT2D eigenvalue weighted by molar-refractivity contribution is 0.0490. The Labute approximate surface area is 178 Å². The van der Waals surface area contributed by atoms with Crippen molar-refractivity contribution in [1.29, 1.82) is 0 Å². The minimum absolute atomic E-state index is 0.122. The van der Waals surface area contributed by atoms with Crippen molar-refractivity contribution in [2.45, 2.75) is 20.3 Å². The van der Waals surface area contributed by atoms with Gasteiger partial charge >= 0.3 is 0 Å². The third-order valence-electron chi connectivity index (χ3n) is 5.67. The number of aryl methyl sites for hydroxylation is 2. The maximum Gasteiger partial charge on any atom is 0.254 e. The number of amides is 1. The van der Waals surface area contributed by atoms with Crippen LogP contribution >= 0.6 is 0 Å². The van der Waals surface area contributed by atoms with Crippen LogP contribution in [0.25, 0.3) is 11.1 Å². The molecule has 0 radical (unpaired) electrons. The summed E-state index contributed by atoms with van der Waals surface area (Å²) in [5, 5.41) is 0. The molecule has 0 aliphatic carbocycles. The van der Waals surface area contributed by atoms with Gasteiger partial charge in [-0.2, -0.15) is 0 Å². The fourth-order valence-corrected chi connectivity index (χ4v) is 3.98. The molecule has 0 N–H and O–H groups in total. The molecule has 5 heteroatoms. The number of aromatic nitrogens is 2. The first-order valence-electron chi connectivity index (χ1n) is 10.5. The van der Waals surface area contributed by atoms with Gasteiger partial charge < -0.3 is 9.80 Å². The minimum atomic E-state index is 0.122. The maximum absolute atomic E-state index is 13.1. The molecule has 0 unspecified atom stereocenters. The average Bonchev–Trinajstić information content (AvgIpc) is 2.72. The van der Waals surface area contributed by atoms with E-state index in [1.165, 1.54) is 0 Å². The summed E-state index contributed by atoms with van der Waals surface area (Å²) < 4.78 is 0. The van der Waals surface area contributed by atoms with Crippen LogP contribution in [0.2, 0.25) is 0 Å². The number of carbonyl (C=O) groups is 1. The number of nitrogens with zero attached hydrogens (tertiary/aromatic N) is 4. The zero-order valence-electron chi connectivity index (χ0n) is 17.9. The number of benzene rings is 2. The van der Waals surface area contributed by atoms with Crippen molar-refractivity contribution in [3.63, 3.8) is 0 Å². The van der Waals surface area contributed by atoms with E-state index >= 15 is 0 Å². The Morgan fingerprint density at radius 1 is 1.00 bits per heavy atom. The fourth-order valence-electron chi connectivity index (χ4n) is 3.98. The SMILES string of the molecule is Cc1cc(C)nc(N(C)CCC2CN(C(=O)c3ccccc3-c3ccccc3)C2)n1. The van der Waals surface area contributed by atoms with E-state index in [9.17, 15) is 4.79 Å². The van der Waals surface area contributed by atoms with E-state index in [0.29, 0.717) is 5.92 Å². The summed E-state index contributed by atoms with van der Waals surface area (Å²) in [7, 11) is 2.03. The Balaban J connectivity index is 1.34. The number of rotatable bonds is 6. The average molecular weight is 401 g/mol. The van der Waals surface area contributed by atoms with E-state index in [-0.39, 0.29) is 5.91 Å². The Kier molecular flexibility index (Phi) is 5.79. The first kappa shape index (κ1) is 20.1. The molecule has 1 amide bonds. The maximum atomic E-state index is 13.1. The molecule has 1 fully saturated rings. The van der Waals surface area contributed by atoms with Crippen molar-refractivity contribution in [2.24, 2.45) is 5.92 Å². The third-order valence-corrected chi connectivity index (χ3v) is 5.67. The van der Waals surface area contributed by atoms with Gasteiger partial charge in [0.15, 0.2) is 0 Å². The van der Waals surface area contributed by atoms with Crippen molar-refractivity contribution < 1.29 is 4.79 Å². The summed E-state index contributed by atoms with van der Waals surface area (Å²) in [6, 6.07) is 20.0. The third kappa shape index (κ3) is 4.35. The van der Waals surface area contributed by atoms with E-state index in [0.717, 1.165) is 60.1 Å². The standard InChI is InChI=1S/C25H28N4O/c1-18-15-19(2)27-25(26-18)28(3)14-13-20-16-29(17-20)24(30)23-12-8-7-11-22(23)21-9-5-4-6-10-21/h4-12,15,20H,13-14,16-17H2,1-3H3. The monoisotopic (exact) mass is 400 g/mol. The number of carbonyl (C=O) groups excluding carboxylic acids is 1. The fraction of sp³-hybridized carbons (Fsp3) is 0.320. The van der Waals surface area contributed by atoms with Gasteiger partial charge in [0, 0.05) is 43.6 Å². The Morgan fingerprint density at radius 3 is 2.33 bits per heavy atom. The highest BCUT2D eigenvalue weighted by molar-refractivity contribution is 6.01. The first-order chi connectivity index (χ1) is 14.5. The summed E-state index contributed by atoms with van der Waals surface area (Å²) in [6.07, 6.45) is 1.02. The molecule has 3 aromatic rings. The quantitative estimate of drug-likeness (QED) is 0.617. The van der Waals surface area contributed by atoms with Gasteiger partial charge in [-0.25, -0.2) is 9.97 Å². The van der Waals surface area contributed by atoms with Crippen LogP contribution in [0.1, 0.15) is 28.2 Å². The number of likely N-dealkylation sites (tertiary alicyclic amines) is 1. The molecule has 1 aliphatic rings.